The Bertz CT molecular complexity index is 971. The zero-order chi connectivity index (χ0) is 21.4. The van der Waals surface area contributed by atoms with Gasteiger partial charge in [-0.1, -0.05) is 11.8 Å². The lowest BCUT2D eigenvalue weighted by Gasteiger charge is -2.24. The molecule has 2 aliphatic heterocycles. The van der Waals surface area contributed by atoms with Crippen LogP contribution in [0.5, 0.6) is 0 Å². The number of fused-ring (bicyclic) bond motifs is 1. The molecule has 1 N–H and O–H groups in total. The first-order valence-corrected chi connectivity index (χ1v) is 10.5. The highest BCUT2D eigenvalue weighted by Gasteiger charge is 2.38. The molecule has 0 saturated carbocycles. The van der Waals surface area contributed by atoms with Crippen molar-refractivity contribution in [2.45, 2.75) is 64.2 Å². The highest BCUT2D eigenvalue weighted by atomic mass is 16.6. The summed E-state index contributed by atoms with van der Waals surface area (Å²) in [5.74, 6) is 7.04. The van der Waals surface area contributed by atoms with Gasteiger partial charge < -0.3 is 19.3 Å². The van der Waals surface area contributed by atoms with Crippen LogP contribution in [0.4, 0.5) is 4.79 Å². The number of β-amino-alcohol motifs (C(OH)–C–C–N with tert-alkyl or cyclic N) is 1. The second-order valence-electron chi connectivity index (χ2n) is 9.06. The van der Waals surface area contributed by atoms with Crippen molar-refractivity contribution < 1.29 is 14.6 Å². The molecule has 1 amide bonds. The van der Waals surface area contributed by atoms with Crippen LogP contribution >= 0.6 is 0 Å². The van der Waals surface area contributed by atoms with Crippen molar-refractivity contribution in [1.29, 1.82) is 0 Å². The van der Waals surface area contributed by atoms with Gasteiger partial charge in [-0.15, -0.1) is 0 Å². The Morgan fingerprint density at radius 1 is 1.23 bits per heavy atom. The number of hydrogen-bond acceptors (Lipinski definition) is 5. The van der Waals surface area contributed by atoms with E-state index >= 15 is 0 Å². The van der Waals surface area contributed by atoms with E-state index < -0.39 is 17.3 Å². The summed E-state index contributed by atoms with van der Waals surface area (Å²) in [5.41, 5.74) is 0.614. The van der Waals surface area contributed by atoms with E-state index in [0.717, 1.165) is 30.2 Å². The third-order valence-electron chi connectivity index (χ3n) is 5.27. The maximum absolute atomic E-state index is 12.2. The lowest BCUT2D eigenvalue weighted by molar-refractivity contribution is 0.0239. The average Bonchev–Trinajstić information content (AvgIpc) is 3.30. The Labute approximate surface area is 177 Å². The first-order chi connectivity index (χ1) is 14.2. The Hall–Kier alpha value is -2.85. The van der Waals surface area contributed by atoms with Gasteiger partial charge in [0.25, 0.3) is 0 Å². The lowest BCUT2D eigenvalue weighted by Crippen LogP contribution is -2.38. The fourth-order valence-corrected chi connectivity index (χ4v) is 3.72. The van der Waals surface area contributed by atoms with Crippen LogP contribution in [0.25, 0.3) is 11.4 Å². The molecule has 0 aliphatic carbocycles. The fourth-order valence-electron chi connectivity index (χ4n) is 3.72. The molecule has 7 nitrogen and oxygen atoms in total. The summed E-state index contributed by atoms with van der Waals surface area (Å²) < 4.78 is 7.58. The number of aryl methyl sites for hydroxylation is 2. The van der Waals surface area contributed by atoms with Crippen molar-refractivity contribution in [1.82, 2.24) is 19.4 Å². The van der Waals surface area contributed by atoms with Crippen LogP contribution in [-0.2, 0) is 17.7 Å². The quantitative estimate of drug-likeness (QED) is 0.734. The SMILES string of the molecule is CC(C)(C)OC(=O)N1CCC(O)(C#Cc2ccc(-c3cn4c(n3)CCCC4)nc2)C1. The molecule has 2 aromatic heterocycles. The summed E-state index contributed by atoms with van der Waals surface area (Å²) in [6, 6.07) is 3.79. The highest BCUT2D eigenvalue weighted by Crippen LogP contribution is 2.24. The zero-order valence-electron chi connectivity index (χ0n) is 17.8. The smallest absolute Gasteiger partial charge is 0.410 e. The van der Waals surface area contributed by atoms with Gasteiger partial charge in [0.2, 0.25) is 0 Å². The second kappa shape index (κ2) is 7.77. The fraction of sp³-hybridized carbons (Fsp3) is 0.522. The average molecular weight is 409 g/mol. The standard InChI is InChI=1S/C23H28N4O3/c1-22(2,3)30-21(28)27-13-11-23(29,16-27)10-9-17-7-8-18(24-14-17)19-15-26-12-5-4-6-20(26)25-19/h7-8,14-15,29H,4-6,11-13,16H2,1-3H3. The first-order valence-electron chi connectivity index (χ1n) is 10.5. The molecule has 1 unspecified atom stereocenters. The van der Waals surface area contributed by atoms with Gasteiger partial charge in [0, 0.05) is 43.9 Å². The van der Waals surface area contributed by atoms with E-state index in [1.54, 1.807) is 6.20 Å². The summed E-state index contributed by atoms with van der Waals surface area (Å²) in [6.45, 7) is 7.04. The third kappa shape index (κ3) is 4.65. The lowest BCUT2D eigenvalue weighted by atomic mass is 10.0. The third-order valence-corrected chi connectivity index (χ3v) is 5.27. The Kier molecular flexibility index (Phi) is 5.29. The van der Waals surface area contributed by atoms with Crippen LogP contribution in [0.15, 0.2) is 24.5 Å². The van der Waals surface area contributed by atoms with Crippen molar-refractivity contribution in [2.75, 3.05) is 13.1 Å². The molecule has 1 fully saturated rings. The monoisotopic (exact) mass is 408 g/mol. The molecular formula is C23H28N4O3. The minimum absolute atomic E-state index is 0.140. The molecule has 4 rings (SSSR count). The van der Waals surface area contributed by atoms with Crippen LogP contribution in [-0.4, -0.2) is 54.9 Å². The van der Waals surface area contributed by atoms with Gasteiger partial charge in [0.15, 0.2) is 0 Å². The summed E-state index contributed by atoms with van der Waals surface area (Å²) in [7, 11) is 0. The van der Waals surface area contributed by atoms with Gasteiger partial charge in [-0.25, -0.2) is 9.78 Å². The maximum Gasteiger partial charge on any atom is 0.410 e. The van der Waals surface area contributed by atoms with Crippen molar-refractivity contribution >= 4 is 6.09 Å². The molecule has 0 bridgehead atoms. The first kappa shape index (κ1) is 20.4. The van der Waals surface area contributed by atoms with Crippen LogP contribution < -0.4 is 0 Å². The molecule has 2 aromatic rings. The number of ether oxygens (including phenoxy) is 1. The summed E-state index contributed by atoms with van der Waals surface area (Å²) in [5, 5.41) is 10.7. The molecule has 30 heavy (non-hydrogen) atoms. The molecular weight excluding hydrogens is 380 g/mol. The summed E-state index contributed by atoms with van der Waals surface area (Å²) in [4.78, 5) is 22.9. The van der Waals surface area contributed by atoms with Crippen molar-refractivity contribution in [2.24, 2.45) is 0 Å². The van der Waals surface area contributed by atoms with Gasteiger partial charge in [-0.05, 0) is 45.7 Å². The van der Waals surface area contributed by atoms with Crippen molar-refractivity contribution in [3.8, 4) is 23.2 Å². The van der Waals surface area contributed by atoms with E-state index in [1.165, 1.54) is 17.7 Å². The van der Waals surface area contributed by atoms with Crippen LogP contribution in [0.3, 0.4) is 0 Å². The molecule has 1 atom stereocenters. The number of imidazole rings is 1. The Balaban J connectivity index is 1.42. The number of rotatable bonds is 1. The number of aliphatic hydroxyl groups is 1. The largest absolute Gasteiger partial charge is 0.444 e. The zero-order valence-corrected chi connectivity index (χ0v) is 17.8. The summed E-state index contributed by atoms with van der Waals surface area (Å²) >= 11 is 0. The predicted octanol–water partition coefficient (Wildman–Crippen LogP) is 3.00. The number of likely N-dealkylation sites (tertiary alicyclic amines) is 1. The van der Waals surface area contributed by atoms with Crippen LogP contribution in [0, 0.1) is 11.8 Å². The van der Waals surface area contributed by atoms with Crippen LogP contribution in [0.1, 0.15) is 51.4 Å². The molecule has 0 spiro atoms. The molecule has 2 aliphatic rings. The minimum Gasteiger partial charge on any atom is -0.444 e. The van der Waals surface area contributed by atoms with Gasteiger partial charge in [-0.2, -0.15) is 0 Å². The molecule has 1 saturated heterocycles. The topological polar surface area (TPSA) is 80.5 Å². The van der Waals surface area contributed by atoms with E-state index in [-0.39, 0.29) is 6.54 Å². The number of carbonyl (C=O) groups is 1. The van der Waals surface area contributed by atoms with E-state index in [9.17, 15) is 9.90 Å². The Morgan fingerprint density at radius 3 is 2.77 bits per heavy atom. The number of hydrogen-bond donors (Lipinski definition) is 1. The highest BCUT2D eigenvalue weighted by molar-refractivity contribution is 5.69. The number of aromatic nitrogens is 3. The predicted molar refractivity (Wildman–Crippen MR) is 113 cm³/mol. The van der Waals surface area contributed by atoms with E-state index in [1.807, 2.05) is 32.9 Å². The Morgan fingerprint density at radius 2 is 2.07 bits per heavy atom. The van der Waals surface area contributed by atoms with Gasteiger partial charge in [0.1, 0.15) is 22.7 Å². The molecule has 0 radical (unpaired) electrons. The molecule has 7 heteroatoms. The second-order valence-corrected chi connectivity index (χ2v) is 9.06. The van der Waals surface area contributed by atoms with Crippen molar-refractivity contribution in [3.05, 3.63) is 35.9 Å². The van der Waals surface area contributed by atoms with Crippen molar-refractivity contribution in [3.63, 3.8) is 0 Å². The van der Waals surface area contributed by atoms with E-state index in [0.29, 0.717) is 18.5 Å². The number of pyridine rings is 1. The van der Waals surface area contributed by atoms with Crippen LogP contribution in [0.2, 0.25) is 0 Å². The van der Waals surface area contributed by atoms with Gasteiger partial charge in [0.05, 0.1) is 12.2 Å². The number of amides is 1. The molecule has 158 valence electrons. The van der Waals surface area contributed by atoms with E-state index in [4.69, 9.17) is 9.72 Å². The molecule has 4 heterocycles. The maximum atomic E-state index is 12.2. The normalized spacial score (nSPS) is 21.0. The summed E-state index contributed by atoms with van der Waals surface area (Å²) in [6.07, 6.45) is 7.13. The number of carbonyl (C=O) groups excluding carboxylic acids is 1. The minimum atomic E-state index is -1.24. The molecule has 0 aromatic carbocycles. The van der Waals surface area contributed by atoms with E-state index in [2.05, 4.69) is 27.6 Å². The number of nitrogens with zero attached hydrogens (tertiary/aromatic N) is 4. The van der Waals surface area contributed by atoms with Gasteiger partial charge in [-0.3, -0.25) is 4.98 Å². The van der Waals surface area contributed by atoms with Gasteiger partial charge >= 0.3 is 6.09 Å².